The van der Waals surface area contributed by atoms with Crippen molar-refractivity contribution in [1.29, 1.82) is 0 Å². The highest BCUT2D eigenvalue weighted by molar-refractivity contribution is 6.11. The van der Waals surface area contributed by atoms with Crippen LogP contribution in [0.15, 0.2) is 187 Å². The van der Waals surface area contributed by atoms with Gasteiger partial charge in [0, 0.05) is 23.0 Å². The number of benzene rings is 7. The number of anilines is 3. The van der Waals surface area contributed by atoms with Gasteiger partial charge < -0.3 is 9.32 Å². The smallest absolute Gasteiger partial charge is 0.177 e. The summed E-state index contributed by atoms with van der Waals surface area (Å²) < 4.78 is 6.65. The van der Waals surface area contributed by atoms with E-state index in [0.29, 0.717) is 0 Å². The Hall–Kier alpha value is -6.45. The number of hydrogen-bond acceptors (Lipinski definition) is 3. The van der Waals surface area contributed by atoms with Crippen LogP contribution >= 0.6 is 0 Å². The van der Waals surface area contributed by atoms with Crippen molar-refractivity contribution in [3.05, 3.63) is 182 Å². The fraction of sp³-hybridized carbons (Fsp3) is 0. The first-order valence-corrected chi connectivity index (χ1v) is 16.2. The molecule has 0 unspecified atom stereocenters. The molecule has 0 saturated carbocycles. The second-order valence-corrected chi connectivity index (χ2v) is 12.0. The molecule has 7 aromatic carbocycles. The first-order valence-electron chi connectivity index (χ1n) is 16.2. The van der Waals surface area contributed by atoms with E-state index in [1.807, 2.05) is 24.4 Å². The minimum absolute atomic E-state index is 0.760. The van der Waals surface area contributed by atoms with Gasteiger partial charge in [0.15, 0.2) is 5.58 Å². The van der Waals surface area contributed by atoms with Crippen molar-refractivity contribution < 1.29 is 4.42 Å². The Morgan fingerprint density at radius 1 is 0.417 bits per heavy atom. The van der Waals surface area contributed by atoms with Crippen LogP contribution in [0, 0.1) is 0 Å². The molecule has 2 heterocycles. The lowest BCUT2D eigenvalue weighted by molar-refractivity contribution is 0.669. The van der Waals surface area contributed by atoms with Crippen molar-refractivity contribution >= 4 is 49.9 Å². The summed E-state index contributed by atoms with van der Waals surface area (Å²) in [6, 6.07) is 62.0. The van der Waals surface area contributed by atoms with Gasteiger partial charge in [0.1, 0.15) is 11.1 Å². The van der Waals surface area contributed by atoms with E-state index in [9.17, 15) is 0 Å². The van der Waals surface area contributed by atoms with Crippen LogP contribution in [0.4, 0.5) is 17.1 Å². The van der Waals surface area contributed by atoms with Crippen molar-refractivity contribution in [1.82, 2.24) is 4.98 Å². The topological polar surface area (TPSA) is 29.3 Å². The monoisotopic (exact) mass is 614 g/mol. The molecule has 48 heavy (non-hydrogen) atoms. The van der Waals surface area contributed by atoms with Crippen LogP contribution in [-0.4, -0.2) is 4.98 Å². The highest BCUT2D eigenvalue weighted by Crippen LogP contribution is 2.43. The van der Waals surface area contributed by atoms with Crippen LogP contribution in [0.2, 0.25) is 0 Å². The van der Waals surface area contributed by atoms with Crippen molar-refractivity contribution in [2.45, 2.75) is 0 Å². The maximum atomic E-state index is 6.65. The number of hydrogen-bond donors (Lipinski definition) is 0. The van der Waals surface area contributed by atoms with Crippen LogP contribution < -0.4 is 4.90 Å². The van der Waals surface area contributed by atoms with Gasteiger partial charge in [-0.3, -0.25) is 4.98 Å². The molecule has 9 rings (SSSR count). The lowest BCUT2D eigenvalue weighted by atomic mass is 10.00. The Morgan fingerprint density at radius 3 is 1.38 bits per heavy atom. The van der Waals surface area contributed by atoms with Gasteiger partial charge in [-0.1, -0.05) is 133 Å². The lowest BCUT2D eigenvalue weighted by Gasteiger charge is -2.26. The molecule has 0 aliphatic carbocycles. The first-order chi connectivity index (χ1) is 23.8. The van der Waals surface area contributed by atoms with Gasteiger partial charge in [-0.15, -0.1) is 0 Å². The first kappa shape index (κ1) is 27.8. The van der Waals surface area contributed by atoms with Gasteiger partial charge in [0.05, 0.1) is 5.69 Å². The SMILES string of the molecule is c1ccc(-c2ccc(-c3ccc(N(c4ccc(-c5ccccc5)cc4)c4ccnc5c4oc4cc6ccccc6cc45)cc3)cc2)cc1. The third-order valence-corrected chi connectivity index (χ3v) is 9.12. The standard InChI is InChI=1S/C45H30N2O/c1-3-9-31(10-4-1)33-15-17-34(18-16-33)36-21-25-40(26-22-36)47(39-23-19-35(20-24-39)32-11-5-2-6-12-32)42-27-28-46-44-41-29-37-13-7-8-14-38(37)30-43(41)48-45(42)44/h1-30H. The van der Waals surface area contributed by atoms with Crippen molar-refractivity contribution in [2.75, 3.05) is 4.90 Å². The Morgan fingerprint density at radius 2 is 0.854 bits per heavy atom. The van der Waals surface area contributed by atoms with E-state index in [-0.39, 0.29) is 0 Å². The van der Waals surface area contributed by atoms with Crippen LogP contribution in [0.25, 0.3) is 66.2 Å². The molecule has 0 spiro atoms. The molecular formula is C45H30N2O. The summed E-state index contributed by atoms with van der Waals surface area (Å²) in [5.74, 6) is 0. The molecule has 2 aromatic heterocycles. The summed E-state index contributed by atoms with van der Waals surface area (Å²) in [7, 11) is 0. The van der Waals surface area contributed by atoms with Gasteiger partial charge in [-0.05, 0) is 86.6 Å². The molecule has 0 radical (unpaired) electrons. The molecule has 3 nitrogen and oxygen atoms in total. The third-order valence-electron chi connectivity index (χ3n) is 9.12. The molecule has 226 valence electrons. The molecule has 0 bridgehead atoms. The summed E-state index contributed by atoms with van der Waals surface area (Å²) in [4.78, 5) is 7.09. The van der Waals surface area contributed by atoms with Gasteiger partial charge in [-0.2, -0.15) is 0 Å². The summed E-state index contributed by atoms with van der Waals surface area (Å²) in [5, 5.41) is 3.33. The van der Waals surface area contributed by atoms with Crippen molar-refractivity contribution in [3.8, 4) is 33.4 Å². The van der Waals surface area contributed by atoms with Crippen LogP contribution in [0.3, 0.4) is 0 Å². The van der Waals surface area contributed by atoms with E-state index >= 15 is 0 Å². The molecule has 0 atom stereocenters. The Labute approximate surface area is 279 Å². The van der Waals surface area contributed by atoms with E-state index in [4.69, 9.17) is 9.40 Å². The fourth-order valence-electron chi connectivity index (χ4n) is 6.65. The average molecular weight is 615 g/mol. The number of rotatable bonds is 6. The van der Waals surface area contributed by atoms with Crippen molar-refractivity contribution in [2.24, 2.45) is 0 Å². The quantitative estimate of drug-likeness (QED) is 0.187. The largest absolute Gasteiger partial charge is 0.452 e. The minimum Gasteiger partial charge on any atom is -0.452 e. The Bertz CT molecular complexity index is 2520. The average Bonchev–Trinajstić information content (AvgIpc) is 3.53. The van der Waals surface area contributed by atoms with Gasteiger partial charge >= 0.3 is 0 Å². The van der Waals surface area contributed by atoms with Gasteiger partial charge in [0.25, 0.3) is 0 Å². The lowest BCUT2D eigenvalue weighted by Crippen LogP contribution is -2.10. The Balaban J connectivity index is 1.15. The summed E-state index contributed by atoms with van der Waals surface area (Å²) in [6.07, 6.45) is 1.88. The van der Waals surface area contributed by atoms with E-state index < -0.39 is 0 Å². The second-order valence-electron chi connectivity index (χ2n) is 12.0. The molecule has 0 aliphatic rings. The zero-order chi connectivity index (χ0) is 31.9. The number of fused-ring (bicyclic) bond motifs is 4. The van der Waals surface area contributed by atoms with E-state index in [1.165, 1.54) is 33.2 Å². The van der Waals surface area contributed by atoms with Crippen molar-refractivity contribution in [3.63, 3.8) is 0 Å². The maximum Gasteiger partial charge on any atom is 0.177 e. The molecule has 3 heteroatoms. The summed E-state index contributed by atoms with van der Waals surface area (Å²) in [5.41, 5.74) is 12.6. The molecule has 0 amide bonds. The molecule has 0 N–H and O–H groups in total. The van der Waals surface area contributed by atoms with E-state index in [2.05, 4.69) is 163 Å². The molecular weight excluding hydrogens is 585 g/mol. The third kappa shape index (κ3) is 4.99. The predicted molar refractivity (Wildman–Crippen MR) is 200 cm³/mol. The molecule has 0 aliphatic heterocycles. The van der Waals surface area contributed by atoms with Crippen LogP contribution in [0.5, 0.6) is 0 Å². The molecule has 9 aromatic rings. The minimum atomic E-state index is 0.760. The predicted octanol–water partition coefficient (Wildman–Crippen LogP) is 12.6. The molecule has 0 saturated heterocycles. The Kier molecular flexibility index (Phi) is 6.80. The normalized spacial score (nSPS) is 11.3. The number of nitrogens with zero attached hydrogens (tertiary/aromatic N) is 2. The fourth-order valence-corrected chi connectivity index (χ4v) is 6.65. The van der Waals surface area contributed by atoms with Crippen LogP contribution in [-0.2, 0) is 0 Å². The summed E-state index contributed by atoms with van der Waals surface area (Å²) >= 11 is 0. The van der Waals surface area contributed by atoms with E-state index in [0.717, 1.165) is 50.1 Å². The summed E-state index contributed by atoms with van der Waals surface area (Å²) in [6.45, 7) is 0. The maximum absolute atomic E-state index is 6.65. The number of aromatic nitrogens is 1. The zero-order valence-electron chi connectivity index (χ0n) is 26.1. The zero-order valence-corrected chi connectivity index (χ0v) is 26.1. The number of pyridine rings is 1. The van der Waals surface area contributed by atoms with E-state index in [1.54, 1.807) is 0 Å². The van der Waals surface area contributed by atoms with Gasteiger partial charge in [-0.25, -0.2) is 0 Å². The highest BCUT2D eigenvalue weighted by atomic mass is 16.3. The molecule has 0 fully saturated rings. The second kappa shape index (κ2) is 11.7. The van der Waals surface area contributed by atoms with Crippen LogP contribution in [0.1, 0.15) is 0 Å². The highest BCUT2D eigenvalue weighted by Gasteiger charge is 2.20. The number of furan rings is 1. The van der Waals surface area contributed by atoms with Gasteiger partial charge in [0.2, 0.25) is 0 Å².